The van der Waals surface area contributed by atoms with Gasteiger partial charge in [-0.2, -0.15) is 0 Å². The van der Waals surface area contributed by atoms with Crippen LogP contribution in [0.25, 0.3) is 0 Å². The molecule has 0 saturated heterocycles. The van der Waals surface area contributed by atoms with Gasteiger partial charge in [-0.15, -0.1) is 0 Å². The highest BCUT2D eigenvalue weighted by Crippen LogP contribution is 2.47. The molecule has 1 aliphatic rings. The molecule has 0 radical (unpaired) electrons. The smallest absolute Gasteiger partial charge is 0.161 e. The Bertz CT molecular complexity index is 661. The molecule has 2 heteroatoms. The summed E-state index contributed by atoms with van der Waals surface area (Å²) in [4.78, 5) is 0. The minimum atomic E-state index is 0.430. The fourth-order valence-electron chi connectivity index (χ4n) is 3.97. The van der Waals surface area contributed by atoms with E-state index in [0.717, 1.165) is 17.9 Å². The average molecular weight is 310 g/mol. The van der Waals surface area contributed by atoms with Crippen molar-refractivity contribution >= 4 is 0 Å². The van der Waals surface area contributed by atoms with Crippen molar-refractivity contribution in [2.45, 2.75) is 32.6 Å². The highest BCUT2D eigenvalue weighted by molar-refractivity contribution is 5.52. The Labute approximate surface area is 139 Å². The van der Waals surface area contributed by atoms with Crippen LogP contribution in [0, 0.1) is 11.8 Å². The number of hydrogen-bond donors (Lipinski definition) is 0. The molecule has 0 amide bonds. The molecule has 0 saturated carbocycles. The third-order valence-electron chi connectivity index (χ3n) is 5.17. The number of rotatable bonds is 4. The third kappa shape index (κ3) is 2.95. The monoisotopic (exact) mass is 310 g/mol. The molecule has 0 spiro atoms. The highest BCUT2D eigenvalue weighted by Gasteiger charge is 2.33. The van der Waals surface area contributed by atoms with E-state index in [1.165, 1.54) is 23.1 Å². The van der Waals surface area contributed by atoms with E-state index in [-0.39, 0.29) is 0 Å². The van der Waals surface area contributed by atoms with Gasteiger partial charge in [0.25, 0.3) is 0 Å². The molecule has 0 aromatic heterocycles. The molecule has 2 unspecified atom stereocenters. The summed E-state index contributed by atoms with van der Waals surface area (Å²) in [6.07, 6.45) is 2.33. The fourth-order valence-corrected chi connectivity index (χ4v) is 3.97. The van der Waals surface area contributed by atoms with Crippen LogP contribution in [-0.4, -0.2) is 14.2 Å². The van der Waals surface area contributed by atoms with E-state index in [4.69, 9.17) is 9.47 Å². The predicted octanol–water partition coefficient (Wildman–Crippen LogP) is 5.05. The number of fused-ring (bicyclic) bond motifs is 1. The Morgan fingerprint density at radius 3 is 2.22 bits per heavy atom. The van der Waals surface area contributed by atoms with Crippen LogP contribution in [0.1, 0.15) is 42.9 Å². The number of hydrogen-bond acceptors (Lipinski definition) is 2. The first-order valence-corrected chi connectivity index (χ1v) is 8.45. The fraction of sp³-hybridized carbons (Fsp3) is 0.429. The van der Waals surface area contributed by atoms with Crippen molar-refractivity contribution in [3.8, 4) is 11.5 Å². The van der Waals surface area contributed by atoms with Crippen molar-refractivity contribution in [2.75, 3.05) is 14.2 Å². The molecule has 0 N–H and O–H groups in total. The maximum absolute atomic E-state index is 5.56. The van der Waals surface area contributed by atoms with E-state index in [9.17, 15) is 0 Å². The molecule has 0 fully saturated rings. The number of aryl methyl sites for hydroxylation is 1. The van der Waals surface area contributed by atoms with Crippen LogP contribution in [-0.2, 0) is 6.42 Å². The van der Waals surface area contributed by atoms with Gasteiger partial charge in [0.05, 0.1) is 14.2 Å². The first-order valence-electron chi connectivity index (χ1n) is 8.45. The van der Waals surface area contributed by atoms with Crippen molar-refractivity contribution in [3.63, 3.8) is 0 Å². The summed E-state index contributed by atoms with van der Waals surface area (Å²) in [6, 6.07) is 15.2. The summed E-state index contributed by atoms with van der Waals surface area (Å²) in [6.45, 7) is 4.68. The Morgan fingerprint density at radius 1 is 0.957 bits per heavy atom. The van der Waals surface area contributed by atoms with Crippen molar-refractivity contribution in [2.24, 2.45) is 11.8 Å². The van der Waals surface area contributed by atoms with Gasteiger partial charge in [0, 0.05) is 5.92 Å². The molecule has 3 rings (SSSR count). The zero-order valence-corrected chi connectivity index (χ0v) is 14.5. The topological polar surface area (TPSA) is 18.5 Å². The van der Waals surface area contributed by atoms with Gasteiger partial charge in [-0.1, -0.05) is 44.2 Å². The number of methoxy groups -OCH3 is 2. The Kier molecular flexibility index (Phi) is 4.61. The van der Waals surface area contributed by atoms with Gasteiger partial charge in [-0.3, -0.25) is 0 Å². The lowest BCUT2D eigenvalue weighted by atomic mass is 9.68. The molecule has 0 aliphatic heterocycles. The molecule has 122 valence electrons. The second-order valence-corrected chi connectivity index (χ2v) is 6.74. The van der Waals surface area contributed by atoms with E-state index >= 15 is 0 Å². The van der Waals surface area contributed by atoms with Gasteiger partial charge in [0.15, 0.2) is 11.5 Å². The van der Waals surface area contributed by atoms with Gasteiger partial charge < -0.3 is 9.47 Å². The summed E-state index contributed by atoms with van der Waals surface area (Å²) >= 11 is 0. The van der Waals surface area contributed by atoms with E-state index in [1.54, 1.807) is 14.2 Å². The lowest BCUT2D eigenvalue weighted by molar-refractivity contribution is 0.304. The van der Waals surface area contributed by atoms with Crippen LogP contribution in [0.4, 0.5) is 0 Å². The van der Waals surface area contributed by atoms with Crippen molar-refractivity contribution in [1.29, 1.82) is 0 Å². The summed E-state index contributed by atoms with van der Waals surface area (Å²) in [7, 11) is 3.42. The maximum Gasteiger partial charge on any atom is 0.161 e. The van der Waals surface area contributed by atoms with Crippen molar-refractivity contribution in [3.05, 3.63) is 59.2 Å². The predicted molar refractivity (Wildman–Crippen MR) is 94.5 cm³/mol. The van der Waals surface area contributed by atoms with E-state index < -0.39 is 0 Å². The Balaban J connectivity index is 2.15. The largest absolute Gasteiger partial charge is 0.493 e. The summed E-state index contributed by atoms with van der Waals surface area (Å²) < 4.78 is 11.0. The van der Waals surface area contributed by atoms with Gasteiger partial charge in [-0.25, -0.2) is 0 Å². The molecule has 2 aromatic rings. The number of benzene rings is 2. The molecule has 0 heterocycles. The highest BCUT2D eigenvalue weighted by atomic mass is 16.5. The molecule has 1 aliphatic carbocycles. The van der Waals surface area contributed by atoms with Crippen LogP contribution in [0.15, 0.2) is 42.5 Å². The van der Waals surface area contributed by atoms with Gasteiger partial charge in [-0.05, 0) is 53.5 Å². The quantitative estimate of drug-likeness (QED) is 0.786. The van der Waals surface area contributed by atoms with E-state index in [1.807, 2.05) is 0 Å². The van der Waals surface area contributed by atoms with E-state index in [2.05, 4.69) is 56.3 Å². The zero-order valence-electron chi connectivity index (χ0n) is 14.5. The standard InChI is InChI=1S/C21H26O2/c1-14(2)17-11-10-16-12-19(22-3)20(23-4)13-18(16)21(17)15-8-6-5-7-9-15/h5-9,12-14,17,21H,10-11H2,1-4H3. The minimum absolute atomic E-state index is 0.430. The molecule has 0 bridgehead atoms. The zero-order chi connectivity index (χ0) is 16.4. The van der Waals surface area contributed by atoms with Crippen LogP contribution in [0.3, 0.4) is 0 Å². The molecule has 23 heavy (non-hydrogen) atoms. The van der Waals surface area contributed by atoms with Crippen molar-refractivity contribution in [1.82, 2.24) is 0 Å². The minimum Gasteiger partial charge on any atom is -0.493 e. The van der Waals surface area contributed by atoms with E-state index in [0.29, 0.717) is 17.8 Å². The molecule has 2 atom stereocenters. The summed E-state index contributed by atoms with van der Waals surface area (Å²) in [5.74, 6) is 3.40. The second kappa shape index (κ2) is 6.66. The van der Waals surface area contributed by atoms with Crippen molar-refractivity contribution < 1.29 is 9.47 Å². The molecular formula is C21H26O2. The Morgan fingerprint density at radius 2 is 1.61 bits per heavy atom. The van der Waals surface area contributed by atoms with Crippen LogP contribution in [0.5, 0.6) is 11.5 Å². The molecule has 2 aromatic carbocycles. The first kappa shape index (κ1) is 15.9. The first-order chi connectivity index (χ1) is 11.2. The lowest BCUT2D eigenvalue weighted by Gasteiger charge is -2.37. The number of ether oxygens (including phenoxy) is 2. The molecular weight excluding hydrogens is 284 g/mol. The third-order valence-corrected chi connectivity index (χ3v) is 5.17. The Hall–Kier alpha value is -1.96. The normalized spacial score (nSPS) is 20.2. The van der Waals surface area contributed by atoms with Gasteiger partial charge in [0.2, 0.25) is 0 Å². The van der Waals surface area contributed by atoms with Crippen LogP contribution < -0.4 is 9.47 Å². The summed E-state index contributed by atoms with van der Waals surface area (Å²) in [5, 5.41) is 0. The van der Waals surface area contributed by atoms with Gasteiger partial charge >= 0.3 is 0 Å². The summed E-state index contributed by atoms with van der Waals surface area (Å²) in [5.41, 5.74) is 4.20. The maximum atomic E-state index is 5.56. The van der Waals surface area contributed by atoms with Gasteiger partial charge in [0.1, 0.15) is 0 Å². The van der Waals surface area contributed by atoms with Crippen LogP contribution in [0.2, 0.25) is 0 Å². The second-order valence-electron chi connectivity index (χ2n) is 6.74. The molecule has 2 nitrogen and oxygen atoms in total. The lowest BCUT2D eigenvalue weighted by Crippen LogP contribution is -2.26. The SMILES string of the molecule is COc1cc2c(cc1OC)C(c1ccccc1)C(C(C)C)CC2. The van der Waals surface area contributed by atoms with Crippen LogP contribution >= 0.6 is 0 Å². The average Bonchev–Trinajstić information content (AvgIpc) is 2.59.